The first-order valence-electron chi connectivity index (χ1n) is 6.36. The van der Waals surface area contributed by atoms with Crippen molar-refractivity contribution in [3.05, 3.63) is 64.8 Å². The van der Waals surface area contributed by atoms with Crippen molar-refractivity contribution in [3.8, 4) is 17.0 Å². The Kier molecular flexibility index (Phi) is 4.02. The van der Waals surface area contributed by atoms with Gasteiger partial charge in [-0.25, -0.2) is 8.78 Å². The van der Waals surface area contributed by atoms with Crippen LogP contribution in [0.2, 0.25) is 5.02 Å². The maximum Gasteiger partial charge on any atom is 0.177 e. The maximum absolute atomic E-state index is 14.4. The first-order valence-corrected chi connectivity index (χ1v) is 6.74. The highest BCUT2D eigenvalue weighted by molar-refractivity contribution is 6.30. The summed E-state index contributed by atoms with van der Waals surface area (Å²) in [5.41, 5.74) is 0.616. The van der Waals surface area contributed by atoms with Gasteiger partial charge in [-0.1, -0.05) is 23.7 Å². The second-order valence-corrected chi connectivity index (χ2v) is 4.94. The molecule has 1 N–H and O–H groups in total. The summed E-state index contributed by atoms with van der Waals surface area (Å²) in [6, 6.07) is 9.32. The summed E-state index contributed by atoms with van der Waals surface area (Å²) < 4.78 is 33.6. The number of benzene rings is 2. The minimum atomic E-state index is -0.817. The standard InChI is InChI=1S/C15H10ClF2N3O/c16-10-3-1-9(2-4-10)8-22-13-6-5-11(17)14(15(13)18)12-7-19-21-20-12/h1-7H,8H2,(H,19,20,21). The van der Waals surface area contributed by atoms with E-state index in [1.807, 2.05) is 0 Å². The van der Waals surface area contributed by atoms with Crippen LogP contribution in [0.3, 0.4) is 0 Å². The van der Waals surface area contributed by atoms with Crippen LogP contribution in [-0.2, 0) is 6.61 Å². The van der Waals surface area contributed by atoms with Crippen LogP contribution in [0, 0.1) is 11.6 Å². The van der Waals surface area contributed by atoms with Gasteiger partial charge in [-0.2, -0.15) is 15.4 Å². The van der Waals surface area contributed by atoms with Gasteiger partial charge in [0.05, 0.1) is 11.8 Å². The van der Waals surface area contributed by atoms with Gasteiger partial charge in [-0.05, 0) is 29.8 Å². The van der Waals surface area contributed by atoms with E-state index in [0.29, 0.717) is 5.02 Å². The van der Waals surface area contributed by atoms with Crippen molar-refractivity contribution >= 4 is 11.6 Å². The minimum Gasteiger partial charge on any atom is -0.486 e. The van der Waals surface area contributed by atoms with E-state index < -0.39 is 11.6 Å². The van der Waals surface area contributed by atoms with Gasteiger partial charge in [0.2, 0.25) is 0 Å². The molecule has 0 bridgehead atoms. The normalized spacial score (nSPS) is 10.7. The summed E-state index contributed by atoms with van der Waals surface area (Å²) in [6.45, 7) is 0.137. The lowest BCUT2D eigenvalue weighted by atomic mass is 10.1. The van der Waals surface area contributed by atoms with Crippen LogP contribution in [0.25, 0.3) is 11.3 Å². The fraction of sp³-hybridized carbons (Fsp3) is 0.0667. The number of hydrogen-bond acceptors (Lipinski definition) is 3. The van der Waals surface area contributed by atoms with E-state index in [2.05, 4.69) is 15.4 Å². The molecule has 7 heteroatoms. The molecule has 0 aliphatic rings. The van der Waals surface area contributed by atoms with Crippen molar-refractivity contribution in [2.75, 3.05) is 0 Å². The third-order valence-corrected chi connectivity index (χ3v) is 3.29. The van der Waals surface area contributed by atoms with Crippen LogP contribution < -0.4 is 4.74 Å². The number of H-pyrrole nitrogens is 1. The molecule has 1 heterocycles. The molecule has 0 unspecified atom stereocenters. The fourth-order valence-electron chi connectivity index (χ4n) is 1.94. The zero-order valence-electron chi connectivity index (χ0n) is 11.2. The van der Waals surface area contributed by atoms with E-state index in [-0.39, 0.29) is 23.6 Å². The Balaban J connectivity index is 1.85. The predicted molar refractivity (Wildman–Crippen MR) is 77.5 cm³/mol. The average molecular weight is 322 g/mol. The van der Waals surface area contributed by atoms with Crippen molar-refractivity contribution in [2.45, 2.75) is 6.61 Å². The fourth-order valence-corrected chi connectivity index (χ4v) is 2.07. The smallest absolute Gasteiger partial charge is 0.177 e. The van der Waals surface area contributed by atoms with E-state index in [0.717, 1.165) is 11.6 Å². The lowest BCUT2D eigenvalue weighted by molar-refractivity contribution is 0.290. The highest BCUT2D eigenvalue weighted by Gasteiger charge is 2.18. The van der Waals surface area contributed by atoms with Crippen LogP contribution in [0.1, 0.15) is 5.56 Å². The number of rotatable bonds is 4. The molecule has 1 aromatic heterocycles. The van der Waals surface area contributed by atoms with Crippen LogP contribution in [0.15, 0.2) is 42.6 Å². The Morgan fingerprint density at radius 3 is 2.55 bits per heavy atom. The topological polar surface area (TPSA) is 50.8 Å². The zero-order valence-corrected chi connectivity index (χ0v) is 11.9. The molecular weight excluding hydrogens is 312 g/mol. The molecule has 0 spiro atoms. The third kappa shape index (κ3) is 2.92. The van der Waals surface area contributed by atoms with Gasteiger partial charge in [0.1, 0.15) is 18.1 Å². The number of nitrogens with one attached hydrogen (secondary N) is 1. The van der Waals surface area contributed by atoms with E-state index >= 15 is 0 Å². The second-order valence-electron chi connectivity index (χ2n) is 4.50. The van der Waals surface area contributed by atoms with Gasteiger partial charge in [-0.3, -0.25) is 0 Å². The molecular formula is C15H10ClF2N3O. The molecule has 0 aliphatic heterocycles. The maximum atomic E-state index is 14.4. The van der Waals surface area contributed by atoms with E-state index in [1.165, 1.54) is 12.3 Å². The Labute approximate surface area is 129 Å². The van der Waals surface area contributed by atoms with Crippen LogP contribution in [0.5, 0.6) is 5.75 Å². The second kappa shape index (κ2) is 6.11. The molecule has 0 radical (unpaired) electrons. The lowest BCUT2D eigenvalue weighted by Crippen LogP contribution is -2.00. The Morgan fingerprint density at radius 2 is 1.86 bits per heavy atom. The molecule has 0 saturated carbocycles. The summed E-state index contributed by atoms with van der Waals surface area (Å²) in [6.07, 6.45) is 1.24. The zero-order chi connectivity index (χ0) is 15.5. The molecule has 3 aromatic rings. The predicted octanol–water partition coefficient (Wildman–Crippen LogP) is 3.98. The summed E-state index contributed by atoms with van der Waals surface area (Å²) in [5.74, 6) is -1.61. The number of hydrogen-bond donors (Lipinski definition) is 1. The molecule has 0 aliphatic carbocycles. The molecule has 112 valence electrons. The van der Waals surface area contributed by atoms with Crippen molar-refractivity contribution < 1.29 is 13.5 Å². The summed E-state index contributed by atoms with van der Waals surface area (Å²) >= 11 is 5.79. The molecule has 22 heavy (non-hydrogen) atoms. The Morgan fingerprint density at radius 1 is 1.09 bits per heavy atom. The molecule has 3 rings (SSSR count). The Bertz CT molecular complexity index is 776. The molecule has 0 amide bonds. The lowest BCUT2D eigenvalue weighted by Gasteiger charge is -2.10. The van der Waals surface area contributed by atoms with Crippen molar-refractivity contribution in [1.82, 2.24) is 15.4 Å². The number of aromatic nitrogens is 3. The van der Waals surface area contributed by atoms with E-state index in [1.54, 1.807) is 24.3 Å². The van der Waals surface area contributed by atoms with Crippen molar-refractivity contribution in [3.63, 3.8) is 0 Å². The quantitative estimate of drug-likeness (QED) is 0.790. The first-order chi connectivity index (χ1) is 10.6. The molecule has 2 aromatic carbocycles. The summed E-state index contributed by atoms with van der Waals surface area (Å²) in [5, 5.41) is 10.2. The van der Waals surface area contributed by atoms with Gasteiger partial charge >= 0.3 is 0 Å². The highest BCUT2D eigenvalue weighted by Crippen LogP contribution is 2.30. The number of aromatic amines is 1. The monoisotopic (exact) mass is 321 g/mol. The number of ether oxygens (including phenoxy) is 1. The van der Waals surface area contributed by atoms with Gasteiger partial charge in [0.25, 0.3) is 0 Å². The average Bonchev–Trinajstić information content (AvgIpc) is 3.02. The Hall–Kier alpha value is -2.47. The highest BCUT2D eigenvalue weighted by atomic mass is 35.5. The molecule has 4 nitrogen and oxygen atoms in total. The minimum absolute atomic E-state index is 0.0608. The van der Waals surface area contributed by atoms with Gasteiger partial charge in [0, 0.05) is 5.02 Å². The number of nitrogens with zero attached hydrogens (tertiary/aromatic N) is 2. The van der Waals surface area contributed by atoms with Crippen LogP contribution in [0.4, 0.5) is 8.78 Å². The van der Waals surface area contributed by atoms with E-state index in [9.17, 15) is 8.78 Å². The van der Waals surface area contributed by atoms with Gasteiger partial charge in [-0.15, -0.1) is 0 Å². The van der Waals surface area contributed by atoms with Crippen molar-refractivity contribution in [1.29, 1.82) is 0 Å². The molecule has 0 saturated heterocycles. The molecule has 0 atom stereocenters. The van der Waals surface area contributed by atoms with Gasteiger partial charge < -0.3 is 4.74 Å². The first kappa shape index (κ1) is 14.5. The van der Waals surface area contributed by atoms with Crippen LogP contribution >= 0.6 is 11.6 Å². The van der Waals surface area contributed by atoms with Gasteiger partial charge in [0.15, 0.2) is 11.6 Å². The van der Waals surface area contributed by atoms with Crippen molar-refractivity contribution in [2.24, 2.45) is 0 Å². The third-order valence-electron chi connectivity index (χ3n) is 3.03. The largest absolute Gasteiger partial charge is 0.486 e. The van der Waals surface area contributed by atoms with E-state index in [4.69, 9.17) is 16.3 Å². The molecule has 0 fully saturated rings. The van der Waals surface area contributed by atoms with Crippen LogP contribution in [-0.4, -0.2) is 15.4 Å². The number of halogens is 3. The summed E-state index contributed by atoms with van der Waals surface area (Å²) in [4.78, 5) is 0. The summed E-state index contributed by atoms with van der Waals surface area (Å²) in [7, 11) is 0. The SMILES string of the molecule is Fc1ccc(OCc2ccc(Cl)cc2)c(F)c1-c1cn[nH]n1.